The van der Waals surface area contributed by atoms with E-state index < -0.39 is 17.7 Å². The van der Waals surface area contributed by atoms with Crippen LogP contribution in [0.1, 0.15) is 5.56 Å². The van der Waals surface area contributed by atoms with Crippen LogP contribution < -0.4 is 5.32 Å². The van der Waals surface area contributed by atoms with Crippen molar-refractivity contribution < 1.29 is 26.7 Å². The summed E-state index contributed by atoms with van der Waals surface area (Å²) in [6, 6.07) is 3.32. The third-order valence-corrected chi connectivity index (χ3v) is 1.78. The minimum absolute atomic E-state index is 0.184. The second kappa shape index (κ2) is 4.07. The van der Waals surface area contributed by atoms with Gasteiger partial charge in [-0.2, -0.15) is 22.0 Å². The van der Waals surface area contributed by atoms with Crippen molar-refractivity contribution >= 4 is 12.1 Å². The van der Waals surface area contributed by atoms with Crippen molar-refractivity contribution in [3.63, 3.8) is 0 Å². The molecule has 1 aromatic rings. The summed E-state index contributed by atoms with van der Waals surface area (Å²) in [6.07, 6.45) is -4.49. The number of anilines is 1. The minimum Gasteiger partial charge on any atom is -0.318 e. The standard InChI is InChI=1S/C9H5F5NO/c10-8(11,9(12,13)14)6-2-1-3-7(4-6)15-5-16/h1-4H,(H,15,16). The molecule has 87 valence electrons. The Bertz CT molecular complexity index is 388. The lowest BCUT2D eigenvalue weighted by Gasteiger charge is -2.20. The number of halogens is 5. The topological polar surface area (TPSA) is 29.1 Å². The SMILES string of the molecule is O=[C]Nc1cccc(C(F)(F)C(F)(F)F)c1. The molecule has 0 atom stereocenters. The average molecular weight is 238 g/mol. The van der Waals surface area contributed by atoms with E-state index in [0.717, 1.165) is 6.07 Å². The maximum absolute atomic E-state index is 12.8. The molecule has 2 nitrogen and oxygen atoms in total. The summed E-state index contributed by atoms with van der Waals surface area (Å²) in [5.41, 5.74) is -1.42. The number of carbonyl (C=O) groups excluding carboxylic acids is 1. The van der Waals surface area contributed by atoms with Gasteiger partial charge in [0.1, 0.15) is 0 Å². The Balaban J connectivity index is 3.13. The number of rotatable bonds is 3. The van der Waals surface area contributed by atoms with Gasteiger partial charge in [0.05, 0.1) is 0 Å². The van der Waals surface area contributed by atoms with E-state index >= 15 is 0 Å². The Labute approximate surface area is 87.1 Å². The van der Waals surface area contributed by atoms with Crippen LogP contribution in [-0.4, -0.2) is 12.6 Å². The minimum atomic E-state index is -5.67. The molecule has 7 heteroatoms. The fourth-order valence-corrected chi connectivity index (χ4v) is 1.01. The monoisotopic (exact) mass is 238 g/mol. The van der Waals surface area contributed by atoms with E-state index in [4.69, 9.17) is 0 Å². The van der Waals surface area contributed by atoms with Crippen LogP contribution in [0.25, 0.3) is 0 Å². The highest BCUT2D eigenvalue weighted by Gasteiger charge is 2.58. The summed E-state index contributed by atoms with van der Waals surface area (Å²) in [5, 5.41) is 1.87. The highest BCUT2D eigenvalue weighted by atomic mass is 19.4. The number of nitrogens with one attached hydrogen (secondary N) is 1. The van der Waals surface area contributed by atoms with Gasteiger partial charge in [-0.25, -0.2) is 0 Å². The van der Waals surface area contributed by atoms with Crippen molar-refractivity contribution in [1.29, 1.82) is 0 Å². The van der Waals surface area contributed by atoms with Crippen LogP contribution in [0, 0.1) is 0 Å². The smallest absolute Gasteiger partial charge is 0.318 e. The van der Waals surface area contributed by atoms with Crippen LogP contribution in [0.5, 0.6) is 0 Å². The molecule has 0 aromatic heterocycles. The van der Waals surface area contributed by atoms with Gasteiger partial charge in [0.2, 0.25) is 0 Å². The first-order valence-electron chi connectivity index (χ1n) is 3.97. The molecule has 0 saturated carbocycles. The van der Waals surface area contributed by atoms with Crippen LogP contribution in [-0.2, 0) is 10.7 Å². The second-order valence-electron chi connectivity index (χ2n) is 2.88. The largest absolute Gasteiger partial charge is 0.458 e. The van der Waals surface area contributed by atoms with E-state index in [2.05, 4.69) is 0 Å². The van der Waals surface area contributed by atoms with Gasteiger partial charge in [0.25, 0.3) is 0 Å². The zero-order chi connectivity index (χ0) is 12.4. The Kier molecular flexibility index (Phi) is 3.16. The fourth-order valence-electron chi connectivity index (χ4n) is 1.01. The number of amides is 1. The number of benzene rings is 1. The van der Waals surface area contributed by atoms with Crippen molar-refractivity contribution in [2.45, 2.75) is 12.1 Å². The Morgan fingerprint density at radius 1 is 1.12 bits per heavy atom. The molecule has 0 aliphatic rings. The summed E-state index contributed by atoms with van der Waals surface area (Å²) in [4.78, 5) is 9.89. The number of hydrogen-bond donors (Lipinski definition) is 1. The van der Waals surface area contributed by atoms with Crippen molar-refractivity contribution in [2.75, 3.05) is 5.32 Å². The van der Waals surface area contributed by atoms with Gasteiger partial charge in [0, 0.05) is 11.3 Å². The predicted octanol–water partition coefficient (Wildman–Crippen LogP) is 2.82. The number of hydrogen-bond acceptors (Lipinski definition) is 1. The van der Waals surface area contributed by atoms with Crippen LogP contribution in [0.3, 0.4) is 0 Å². The highest BCUT2D eigenvalue weighted by molar-refractivity contribution is 5.72. The maximum atomic E-state index is 12.8. The van der Waals surface area contributed by atoms with Crippen LogP contribution in [0.2, 0.25) is 0 Å². The third kappa shape index (κ3) is 2.29. The van der Waals surface area contributed by atoms with Crippen molar-refractivity contribution in [1.82, 2.24) is 0 Å². The Morgan fingerprint density at radius 3 is 2.25 bits per heavy atom. The molecule has 1 rings (SSSR count). The average Bonchev–Trinajstić information content (AvgIpc) is 2.17. The van der Waals surface area contributed by atoms with Gasteiger partial charge in [0.15, 0.2) is 0 Å². The van der Waals surface area contributed by atoms with E-state index in [1.54, 1.807) is 0 Å². The molecule has 0 bridgehead atoms. The molecule has 1 amide bonds. The molecule has 0 unspecified atom stereocenters. The lowest BCUT2D eigenvalue weighted by Crippen LogP contribution is -2.33. The molecule has 16 heavy (non-hydrogen) atoms. The lowest BCUT2D eigenvalue weighted by atomic mass is 10.1. The first kappa shape index (κ1) is 12.4. The van der Waals surface area contributed by atoms with Crippen molar-refractivity contribution in [2.24, 2.45) is 0 Å². The van der Waals surface area contributed by atoms with Gasteiger partial charge < -0.3 is 5.32 Å². The fraction of sp³-hybridized carbons (Fsp3) is 0.222. The molecule has 0 saturated heterocycles. The van der Waals surface area contributed by atoms with Crippen LogP contribution in [0.4, 0.5) is 27.6 Å². The molecule has 0 heterocycles. The Hall–Kier alpha value is -1.66. The normalized spacial score (nSPS) is 12.3. The molecule has 0 aliphatic carbocycles. The van der Waals surface area contributed by atoms with Gasteiger partial charge in [-0.1, -0.05) is 12.1 Å². The van der Waals surface area contributed by atoms with Crippen molar-refractivity contribution in [3.05, 3.63) is 29.8 Å². The quantitative estimate of drug-likeness (QED) is 0.636. The zero-order valence-corrected chi connectivity index (χ0v) is 7.61. The predicted molar refractivity (Wildman–Crippen MR) is 45.7 cm³/mol. The van der Waals surface area contributed by atoms with E-state index in [1.165, 1.54) is 12.5 Å². The van der Waals surface area contributed by atoms with E-state index in [0.29, 0.717) is 12.1 Å². The van der Waals surface area contributed by atoms with Gasteiger partial charge in [-0.05, 0) is 12.1 Å². The first-order valence-corrected chi connectivity index (χ1v) is 3.97. The number of alkyl halides is 5. The van der Waals surface area contributed by atoms with E-state index in [-0.39, 0.29) is 5.69 Å². The molecule has 0 fully saturated rings. The molecular formula is C9H5F5NO. The molecule has 0 aliphatic heterocycles. The molecular weight excluding hydrogens is 233 g/mol. The van der Waals surface area contributed by atoms with Gasteiger partial charge in [-0.3, -0.25) is 4.79 Å². The summed E-state index contributed by atoms with van der Waals surface area (Å²) >= 11 is 0. The molecule has 1 radical (unpaired) electrons. The van der Waals surface area contributed by atoms with Crippen LogP contribution >= 0.6 is 0 Å². The summed E-state index contributed by atoms with van der Waals surface area (Å²) < 4.78 is 61.6. The first-order chi connectivity index (χ1) is 7.29. The van der Waals surface area contributed by atoms with Crippen molar-refractivity contribution in [3.8, 4) is 0 Å². The summed E-state index contributed by atoms with van der Waals surface area (Å²) in [6.45, 7) is 0. The maximum Gasteiger partial charge on any atom is 0.458 e. The molecule has 1 aromatic carbocycles. The molecule has 0 spiro atoms. The summed E-state index contributed by atoms with van der Waals surface area (Å²) in [5.74, 6) is -4.95. The zero-order valence-electron chi connectivity index (χ0n) is 7.61. The second-order valence-corrected chi connectivity index (χ2v) is 2.88. The molecule has 1 N–H and O–H groups in total. The third-order valence-electron chi connectivity index (χ3n) is 1.78. The van der Waals surface area contributed by atoms with E-state index in [1.807, 2.05) is 5.32 Å². The van der Waals surface area contributed by atoms with Gasteiger partial charge >= 0.3 is 18.5 Å². The highest BCUT2D eigenvalue weighted by Crippen LogP contribution is 2.44. The Morgan fingerprint density at radius 2 is 1.75 bits per heavy atom. The summed E-state index contributed by atoms with van der Waals surface area (Å²) in [7, 11) is 0. The van der Waals surface area contributed by atoms with E-state index in [9.17, 15) is 26.7 Å². The van der Waals surface area contributed by atoms with Crippen LogP contribution in [0.15, 0.2) is 24.3 Å². The van der Waals surface area contributed by atoms with Gasteiger partial charge in [-0.15, -0.1) is 0 Å². The lowest BCUT2D eigenvalue weighted by molar-refractivity contribution is -0.289.